The lowest BCUT2D eigenvalue weighted by Gasteiger charge is -2.36. The average molecular weight is 434 g/mol. The second-order valence-corrected chi connectivity index (χ2v) is 7.66. The smallest absolute Gasteiger partial charge is 0.270 e. The highest BCUT2D eigenvalue weighted by atomic mass is 19.1. The van der Waals surface area contributed by atoms with Crippen LogP contribution in [0.5, 0.6) is 0 Å². The maximum atomic E-state index is 13.9. The van der Waals surface area contributed by atoms with Gasteiger partial charge in [0.2, 0.25) is 0 Å². The molecule has 4 rings (SSSR count). The molecule has 1 N–H and O–H groups in total. The number of nitro benzene ring substituents is 1. The van der Waals surface area contributed by atoms with E-state index in [1.165, 1.54) is 30.3 Å². The Labute approximate surface area is 185 Å². The molecule has 32 heavy (non-hydrogen) atoms. The average Bonchev–Trinajstić information content (AvgIpc) is 2.82. The van der Waals surface area contributed by atoms with Gasteiger partial charge in [0, 0.05) is 67.4 Å². The number of non-ortho nitro benzene ring substituents is 1. The number of piperazine rings is 1. The Morgan fingerprint density at radius 2 is 1.69 bits per heavy atom. The van der Waals surface area contributed by atoms with Crippen molar-refractivity contribution in [2.45, 2.75) is 6.54 Å². The van der Waals surface area contributed by atoms with Crippen molar-refractivity contribution < 1.29 is 14.1 Å². The van der Waals surface area contributed by atoms with Crippen LogP contribution in [0.25, 0.3) is 0 Å². The molecule has 0 saturated carbocycles. The number of amides is 1. The Kier molecular flexibility index (Phi) is 6.42. The number of carbonyl (C=O) groups is 1. The van der Waals surface area contributed by atoms with Crippen molar-refractivity contribution in [1.29, 1.82) is 0 Å². The molecular weight excluding hydrogens is 411 g/mol. The second-order valence-electron chi connectivity index (χ2n) is 7.66. The number of anilines is 2. The number of nitrogens with zero attached hydrogens (tertiary/aromatic N) is 3. The zero-order valence-corrected chi connectivity index (χ0v) is 17.4. The van der Waals surface area contributed by atoms with Gasteiger partial charge in [-0.05, 0) is 36.4 Å². The molecular formula is C24H23FN4O3. The molecule has 0 atom stereocenters. The summed E-state index contributed by atoms with van der Waals surface area (Å²) in [6.07, 6.45) is 0. The van der Waals surface area contributed by atoms with Gasteiger partial charge in [0.15, 0.2) is 0 Å². The van der Waals surface area contributed by atoms with E-state index in [0.717, 1.165) is 31.9 Å². The minimum atomic E-state index is -0.526. The Bertz CT molecular complexity index is 1110. The van der Waals surface area contributed by atoms with Crippen LogP contribution in [0.15, 0.2) is 72.8 Å². The Morgan fingerprint density at radius 1 is 0.969 bits per heavy atom. The van der Waals surface area contributed by atoms with E-state index in [2.05, 4.69) is 15.1 Å². The molecule has 0 unspecified atom stereocenters. The van der Waals surface area contributed by atoms with E-state index in [4.69, 9.17) is 0 Å². The lowest BCUT2D eigenvalue weighted by atomic mass is 10.1. The van der Waals surface area contributed by atoms with Gasteiger partial charge in [-0.25, -0.2) is 4.39 Å². The van der Waals surface area contributed by atoms with Crippen molar-refractivity contribution in [1.82, 2.24) is 4.90 Å². The molecule has 1 aliphatic heterocycles. The second kappa shape index (κ2) is 9.57. The fourth-order valence-corrected chi connectivity index (χ4v) is 3.75. The lowest BCUT2D eigenvalue weighted by molar-refractivity contribution is -0.384. The normalized spacial score (nSPS) is 14.2. The molecule has 1 saturated heterocycles. The molecule has 0 aliphatic carbocycles. The predicted octanol–water partition coefficient (Wildman–Crippen LogP) is 4.31. The molecule has 164 valence electrons. The summed E-state index contributed by atoms with van der Waals surface area (Å²) in [6.45, 7) is 3.92. The highest BCUT2D eigenvalue weighted by Gasteiger charge is 2.18. The van der Waals surface area contributed by atoms with Gasteiger partial charge < -0.3 is 10.2 Å². The molecule has 1 amide bonds. The number of halogens is 1. The summed E-state index contributed by atoms with van der Waals surface area (Å²) in [5.41, 5.74) is 2.48. The van der Waals surface area contributed by atoms with E-state index in [1.54, 1.807) is 6.07 Å². The number of hydrogen-bond acceptors (Lipinski definition) is 5. The van der Waals surface area contributed by atoms with Gasteiger partial charge in [-0.15, -0.1) is 0 Å². The summed E-state index contributed by atoms with van der Waals surface area (Å²) < 4.78 is 13.9. The highest BCUT2D eigenvalue weighted by molar-refractivity contribution is 6.04. The molecule has 8 heteroatoms. The van der Waals surface area contributed by atoms with Crippen LogP contribution in [0.2, 0.25) is 0 Å². The van der Waals surface area contributed by atoms with Crippen molar-refractivity contribution in [2.75, 3.05) is 36.4 Å². The van der Waals surface area contributed by atoms with Gasteiger partial charge in [-0.1, -0.05) is 24.3 Å². The molecule has 3 aromatic rings. The van der Waals surface area contributed by atoms with E-state index in [9.17, 15) is 19.3 Å². The zero-order valence-electron chi connectivity index (χ0n) is 17.4. The number of benzene rings is 3. The molecule has 0 spiro atoms. The minimum Gasteiger partial charge on any atom is -0.369 e. The van der Waals surface area contributed by atoms with Gasteiger partial charge in [-0.2, -0.15) is 0 Å². The van der Waals surface area contributed by atoms with Crippen LogP contribution in [0.4, 0.5) is 21.5 Å². The third-order valence-corrected chi connectivity index (χ3v) is 5.53. The summed E-state index contributed by atoms with van der Waals surface area (Å²) >= 11 is 0. The van der Waals surface area contributed by atoms with Gasteiger partial charge in [0.25, 0.3) is 11.6 Å². The molecule has 0 aromatic heterocycles. The number of carbonyl (C=O) groups excluding carboxylic acids is 1. The summed E-state index contributed by atoms with van der Waals surface area (Å²) in [4.78, 5) is 27.3. The van der Waals surface area contributed by atoms with E-state index >= 15 is 0 Å². The highest BCUT2D eigenvalue weighted by Crippen LogP contribution is 2.21. The third kappa shape index (κ3) is 5.09. The van der Waals surface area contributed by atoms with E-state index in [0.29, 0.717) is 17.8 Å². The van der Waals surface area contributed by atoms with Gasteiger partial charge in [0.05, 0.1) is 4.92 Å². The third-order valence-electron chi connectivity index (χ3n) is 5.53. The van der Waals surface area contributed by atoms with E-state index < -0.39 is 10.8 Å². The van der Waals surface area contributed by atoms with Crippen LogP contribution in [-0.2, 0) is 6.54 Å². The van der Waals surface area contributed by atoms with Gasteiger partial charge >= 0.3 is 0 Å². The van der Waals surface area contributed by atoms with Crippen LogP contribution >= 0.6 is 0 Å². The first-order chi connectivity index (χ1) is 15.5. The summed E-state index contributed by atoms with van der Waals surface area (Å²) in [5, 5.41) is 13.7. The first-order valence-electron chi connectivity index (χ1n) is 10.4. The molecule has 1 heterocycles. The number of hydrogen-bond donors (Lipinski definition) is 1. The van der Waals surface area contributed by atoms with Crippen LogP contribution in [0.1, 0.15) is 15.9 Å². The van der Waals surface area contributed by atoms with Crippen molar-refractivity contribution in [3.63, 3.8) is 0 Å². The number of rotatable bonds is 6. The van der Waals surface area contributed by atoms with Crippen LogP contribution < -0.4 is 10.2 Å². The fourth-order valence-electron chi connectivity index (χ4n) is 3.75. The van der Waals surface area contributed by atoms with Crippen molar-refractivity contribution in [3.05, 3.63) is 99.9 Å². The Morgan fingerprint density at radius 3 is 2.38 bits per heavy atom. The molecule has 3 aromatic carbocycles. The lowest BCUT2D eigenvalue weighted by Crippen LogP contribution is -2.46. The predicted molar refractivity (Wildman–Crippen MR) is 121 cm³/mol. The molecule has 0 bridgehead atoms. The Balaban J connectivity index is 1.32. The molecule has 1 fully saturated rings. The van der Waals surface area contributed by atoms with Crippen molar-refractivity contribution in [3.8, 4) is 0 Å². The Hall–Kier alpha value is -3.78. The topological polar surface area (TPSA) is 78.7 Å². The quantitative estimate of drug-likeness (QED) is 0.462. The SMILES string of the molecule is O=C(Nc1ccc(N2CCN(Cc3ccccc3F)CC2)cc1)c1cccc([N+](=O)[O-])c1. The van der Waals surface area contributed by atoms with E-state index in [-0.39, 0.29) is 17.1 Å². The van der Waals surface area contributed by atoms with Gasteiger partial charge in [0.1, 0.15) is 5.82 Å². The van der Waals surface area contributed by atoms with Crippen LogP contribution in [0.3, 0.4) is 0 Å². The maximum Gasteiger partial charge on any atom is 0.270 e. The van der Waals surface area contributed by atoms with Crippen molar-refractivity contribution in [2.24, 2.45) is 0 Å². The standard InChI is InChI=1S/C24H23FN4O3/c25-23-7-2-1-4-19(23)17-27-12-14-28(15-13-27)21-10-8-20(9-11-21)26-24(30)18-5-3-6-22(16-18)29(31)32/h1-11,16H,12-15,17H2,(H,26,30). The maximum absolute atomic E-state index is 13.9. The van der Waals surface area contributed by atoms with E-state index in [1.807, 2.05) is 36.4 Å². The fraction of sp³-hybridized carbons (Fsp3) is 0.208. The molecule has 7 nitrogen and oxygen atoms in total. The van der Waals surface area contributed by atoms with Crippen LogP contribution in [0, 0.1) is 15.9 Å². The summed E-state index contributed by atoms with van der Waals surface area (Å²) in [5.74, 6) is -0.569. The summed E-state index contributed by atoms with van der Waals surface area (Å²) in [6, 6.07) is 20.0. The first kappa shape index (κ1) is 21.5. The largest absolute Gasteiger partial charge is 0.369 e. The molecule has 0 radical (unpaired) electrons. The monoisotopic (exact) mass is 434 g/mol. The van der Waals surface area contributed by atoms with Gasteiger partial charge in [-0.3, -0.25) is 19.8 Å². The zero-order chi connectivity index (χ0) is 22.5. The minimum absolute atomic E-state index is 0.123. The molecule has 1 aliphatic rings. The number of nitrogens with one attached hydrogen (secondary N) is 1. The van der Waals surface area contributed by atoms with Crippen LogP contribution in [-0.4, -0.2) is 41.9 Å². The van der Waals surface area contributed by atoms with Crippen molar-refractivity contribution >= 4 is 23.0 Å². The summed E-state index contributed by atoms with van der Waals surface area (Å²) in [7, 11) is 0. The number of nitro groups is 1. The first-order valence-corrected chi connectivity index (χ1v) is 10.4.